The molecule has 4 aliphatic rings. The van der Waals surface area contributed by atoms with Gasteiger partial charge < -0.3 is 25.6 Å². The molecule has 45 heavy (non-hydrogen) atoms. The molecule has 2 unspecified atom stereocenters. The number of halogens is 2. The fourth-order valence-corrected chi connectivity index (χ4v) is 6.90. The lowest BCUT2D eigenvalue weighted by atomic mass is 9.87. The molecule has 2 amide bonds. The third-order valence-corrected chi connectivity index (χ3v) is 10.0. The van der Waals surface area contributed by atoms with E-state index in [4.69, 9.17) is 31.8 Å². The molecule has 2 aromatic heterocycles. The highest BCUT2D eigenvalue weighted by Gasteiger charge is 2.68. The lowest BCUT2D eigenvalue weighted by Gasteiger charge is -2.30. The molecule has 8 rings (SSSR count). The molecule has 0 bridgehead atoms. The Balaban J connectivity index is 1.16. The summed E-state index contributed by atoms with van der Waals surface area (Å²) >= 11 is 6.12. The minimum atomic E-state index is -1.57. The van der Waals surface area contributed by atoms with E-state index in [-0.39, 0.29) is 23.2 Å². The molecule has 0 spiro atoms. The van der Waals surface area contributed by atoms with Crippen molar-refractivity contribution in [1.29, 1.82) is 0 Å². The molecular weight excluding hydrogens is 599 g/mol. The first kappa shape index (κ1) is 28.2. The van der Waals surface area contributed by atoms with Crippen molar-refractivity contribution < 1.29 is 28.6 Å². The van der Waals surface area contributed by atoms with Gasteiger partial charge in [-0.2, -0.15) is 0 Å². The van der Waals surface area contributed by atoms with Crippen LogP contribution in [0.1, 0.15) is 65.2 Å². The number of hydrogen-bond acceptors (Lipinski definition) is 7. The van der Waals surface area contributed by atoms with Crippen LogP contribution in [0.3, 0.4) is 0 Å². The number of amides is 2. The second kappa shape index (κ2) is 9.86. The van der Waals surface area contributed by atoms with Crippen LogP contribution < -0.4 is 20.5 Å². The number of aromatic nitrogens is 2. The number of hydrogen-bond donors (Lipinski definition) is 3. The maximum Gasteiger partial charge on any atom is 0.251 e. The smallest absolute Gasteiger partial charge is 0.251 e. The first-order chi connectivity index (χ1) is 21.6. The zero-order valence-electron chi connectivity index (χ0n) is 24.4. The van der Waals surface area contributed by atoms with Crippen molar-refractivity contribution in [2.75, 3.05) is 13.7 Å². The van der Waals surface area contributed by atoms with Crippen LogP contribution in [-0.4, -0.2) is 46.6 Å². The van der Waals surface area contributed by atoms with Crippen molar-refractivity contribution >= 4 is 34.3 Å². The number of nitrogens with two attached hydrogens (primary N) is 1. The first-order valence-corrected chi connectivity index (χ1v) is 15.5. The van der Waals surface area contributed by atoms with Crippen LogP contribution in [0.5, 0.6) is 11.5 Å². The van der Waals surface area contributed by atoms with Gasteiger partial charge in [-0.15, -0.1) is 0 Å². The van der Waals surface area contributed by atoms with Crippen LogP contribution in [0.2, 0.25) is 5.02 Å². The Morgan fingerprint density at radius 3 is 2.69 bits per heavy atom. The molecule has 3 heterocycles. The summed E-state index contributed by atoms with van der Waals surface area (Å²) in [5.74, 6) is -0.355. The lowest BCUT2D eigenvalue weighted by Crippen LogP contribution is -2.43. The summed E-state index contributed by atoms with van der Waals surface area (Å²) in [5.41, 5.74) is 7.03. The van der Waals surface area contributed by atoms with Gasteiger partial charge in [0.25, 0.3) is 5.91 Å². The van der Waals surface area contributed by atoms with E-state index >= 15 is 0 Å². The van der Waals surface area contributed by atoms with Gasteiger partial charge in [-0.1, -0.05) is 11.6 Å². The molecular formula is C34H30ClFN4O5. The van der Waals surface area contributed by atoms with Crippen LogP contribution in [0.25, 0.3) is 22.2 Å². The summed E-state index contributed by atoms with van der Waals surface area (Å²) in [4.78, 5) is 35.7. The van der Waals surface area contributed by atoms with Gasteiger partial charge in [-0.3, -0.25) is 14.6 Å². The zero-order valence-corrected chi connectivity index (χ0v) is 25.2. The monoisotopic (exact) mass is 628 g/mol. The summed E-state index contributed by atoms with van der Waals surface area (Å²) in [7, 11) is 1.54. The summed E-state index contributed by atoms with van der Waals surface area (Å²) < 4.78 is 25.8. The zero-order chi connectivity index (χ0) is 31.2. The molecule has 0 radical (unpaired) electrons. The highest BCUT2D eigenvalue weighted by atomic mass is 35.5. The Labute approximate surface area is 262 Å². The minimum Gasteiger partial charge on any atom is -0.494 e. The number of ether oxygens (including phenoxy) is 2. The number of rotatable bonds is 9. The fourth-order valence-electron chi connectivity index (χ4n) is 6.72. The molecule has 3 fully saturated rings. The Morgan fingerprint density at radius 2 is 2.00 bits per heavy atom. The fraction of sp³-hybridized carbons (Fsp3) is 0.353. The molecule has 230 valence electrons. The van der Waals surface area contributed by atoms with Crippen molar-refractivity contribution in [3.05, 3.63) is 81.9 Å². The van der Waals surface area contributed by atoms with Crippen molar-refractivity contribution in [2.45, 2.75) is 55.1 Å². The molecule has 0 saturated heterocycles. The van der Waals surface area contributed by atoms with Crippen LogP contribution >= 0.6 is 11.6 Å². The van der Waals surface area contributed by atoms with Crippen LogP contribution in [0.4, 0.5) is 4.39 Å². The average molecular weight is 629 g/mol. The number of primary amides is 1. The number of pyridine rings is 2. The molecule has 1 aliphatic heterocycles. The van der Waals surface area contributed by atoms with Gasteiger partial charge in [0.15, 0.2) is 5.75 Å². The van der Waals surface area contributed by atoms with E-state index < -0.39 is 34.8 Å². The second-order valence-electron chi connectivity index (χ2n) is 12.7. The number of nitrogens with one attached hydrogen (secondary N) is 1. The van der Waals surface area contributed by atoms with Crippen molar-refractivity contribution in [1.82, 2.24) is 15.3 Å². The number of aliphatic hydroxyl groups is 1. The standard InChI is InChI=1S/C34H30ClFN4O5/c1-44-25-11-19(8-18-9-20(16-2-3-16)14-38-28(18)25)31(41)39-15-34(43,21-5-6-21)26-12-22-30(45-27-13-33(22,27)32(37)42)29(40-26)17-4-7-24(36)23(35)10-17/h4,7-12,14,16,21,27,43H,2-3,5-6,13,15H2,1H3,(H2,37,42)(H,39,41)/t27?,33-,34?/m1/s1. The summed E-state index contributed by atoms with van der Waals surface area (Å²) in [6.07, 6.45) is 5.55. The highest BCUT2D eigenvalue weighted by Crippen LogP contribution is 2.61. The Morgan fingerprint density at radius 1 is 1.20 bits per heavy atom. The Hall–Kier alpha value is -4.28. The van der Waals surface area contributed by atoms with E-state index in [0.717, 1.165) is 36.6 Å². The van der Waals surface area contributed by atoms with Gasteiger partial charge in [-0.05, 0) is 85.5 Å². The topological polar surface area (TPSA) is 137 Å². The molecule has 4 aromatic rings. The molecule has 9 nitrogen and oxygen atoms in total. The number of methoxy groups -OCH3 is 1. The SMILES string of the molecule is COc1cc(C(=O)NCC(O)(c2cc3c(c(-c4ccc(F)c(Cl)c4)n2)OC2C[C@@]32C(N)=O)C2CC2)cc2cc(C3CC3)cnc12. The third-order valence-electron chi connectivity index (χ3n) is 9.76. The number of nitrogens with zero attached hydrogens (tertiary/aromatic N) is 2. The van der Waals surface area contributed by atoms with Crippen LogP contribution in [0, 0.1) is 11.7 Å². The molecule has 11 heteroatoms. The third kappa shape index (κ3) is 4.45. The number of fused-ring (bicyclic) bond motifs is 4. The quantitative estimate of drug-likeness (QED) is 0.240. The lowest BCUT2D eigenvalue weighted by molar-refractivity contribution is -0.120. The predicted molar refractivity (Wildman–Crippen MR) is 164 cm³/mol. The van der Waals surface area contributed by atoms with E-state index in [0.29, 0.717) is 51.7 Å². The summed E-state index contributed by atoms with van der Waals surface area (Å²) in [6, 6.07) is 11.3. The first-order valence-electron chi connectivity index (χ1n) is 15.1. The highest BCUT2D eigenvalue weighted by molar-refractivity contribution is 6.31. The average Bonchev–Trinajstić information content (AvgIpc) is 3.90. The number of carbonyl (C=O) groups is 2. The van der Waals surface area contributed by atoms with E-state index in [2.05, 4.69) is 16.4 Å². The molecule has 3 saturated carbocycles. The molecule has 4 N–H and O–H groups in total. The normalized spacial score (nSPS) is 22.6. The molecule has 2 aromatic carbocycles. The number of carbonyl (C=O) groups excluding carboxylic acids is 2. The second-order valence-corrected chi connectivity index (χ2v) is 13.1. The van der Waals surface area contributed by atoms with Crippen molar-refractivity contribution in [3.63, 3.8) is 0 Å². The minimum absolute atomic E-state index is 0.101. The molecule has 3 atom stereocenters. The van der Waals surface area contributed by atoms with E-state index in [1.165, 1.54) is 25.3 Å². The van der Waals surface area contributed by atoms with E-state index in [1.807, 2.05) is 6.20 Å². The Bertz CT molecular complexity index is 1950. The van der Waals surface area contributed by atoms with Gasteiger partial charge in [-0.25, -0.2) is 9.37 Å². The van der Waals surface area contributed by atoms with Gasteiger partial charge in [0.1, 0.15) is 39.9 Å². The number of benzene rings is 2. The summed E-state index contributed by atoms with van der Waals surface area (Å²) in [5, 5.41) is 15.9. The van der Waals surface area contributed by atoms with Crippen LogP contribution in [0.15, 0.2) is 48.7 Å². The van der Waals surface area contributed by atoms with Gasteiger partial charge in [0, 0.05) is 34.7 Å². The maximum absolute atomic E-state index is 14.1. The van der Waals surface area contributed by atoms with Crippen LogP contribution in [-0.2, 0) is 15.8 Å². The van der Waals surface area contributed by atoms with Crippen molar-refractivity contribution in [2.24, 2.45) is 11.7 Å². The van der Waals surface area contributed by atoms with E-state index in [9.17, 15) is 19.1 Å². The summed E-state index contributed by atoms with van der Waals surface area (Å²) in [6.45, 7) is -0.138. The van der Waals surface area contributed by atoms with Gasteiger partial charge in [0.2, 0.25) is 5.91 Å². The van der Waals surface area contributed by atoms with E-state index in [1.54, 1.807) is 18.2 Å². The molecule has 3 aliphatic carbocycles. The maximum atomic E-state index is 14.1. The predicted octanol–water partition coefficient (Wildman–Crippen LogP) is 4.89. The van der Waals surface area contributed by atoms with Gasteiger partial charge in [0.05, 0.1) is 24.4 Å². The largest absolute Gasteiger partial charge is 0.494 e. The van der Waals surface area contributed by atoms with Crippen molar-refractivity contribution in [3.8, 4) is 22.8 Å². The van der Waals surface area contributed by atoms with Gasteiger partial charge >= 0.3 is 0 Å². The Kier molecular flexibility index (Phi) is 6.18.